The number of rotatable bonds is 5. The number of anilines is 3. The number of ether oxygens (including phenoxy) is 1. The van der Waals surface area contributed by atoms with Crippen LogP contribution < -0.4 is 15.8 Å². The van der Waals surface area contributed by atoms with Gasteiger partial charge in [-0.05, 0) is 18.6 Å². The monoisotopic (exact) mass is 276 g/mol. The van der Waals surface area contributed by atoms with E-state index in [1.807, 2.05) is 6.92 Å². The summed E-state index contributed by atoms with van der Waals surface area (Å²) in [6, 6.07) is 4.47. The Morgan fingerprint density at radius 2 is 2.15 bits per heavy atom. The molecule has 0 saturated heterocycles. The van der Waals surface area contributed by atoms with E-state index in [1.165, 1.54) is 19.5 Å². The number of nitrogen functional groups attached to an aromatic ring is 1. The molecule has 0 atom stereocenters. The first-order valence-electron chi connectivity index (χ1n) is 6.35. The Morgan fingerprint density at radius 1 is 1.35 bits per heavy atom. The number of nitrogens with one attached hydrogen (secondary N) is 1. The van der Waals surface area contributed by atoms with Gasteiger partial charge in [-0.2, -0.15) is 0 Å². The highest BCUT2D eigenvalue weighted by atomic mass is 19.1. The molecule has 5 nitrogen and oxygen atoms in total. The molecule has 0 unspecified atom stereocenters. The van der Waals surface area contributed by atoms with Crippen molar-refractivity contribution in [3.8, 4) is 5.75 Å². The highest BCUT2D eigenvalue weighted by Crippen LogP contribution is 2.27. The van der Waals surface area contributed by atoms with Gasteiger partial charge in [0.05, 0.1) is 12.8 Å². The van der Waals surface area contributed by atoms with Crippen LogP contribution in [0.3, 0.4) is 0 Å². The zero-order valence-electron chi connectivity index (χ0n) is 11.5. The number of methoxy groups -OCH3 is 1. The Labute approximate surface area is 117 Å². The highest BCUT2D eigenvalue weighted by molar-refractivity contribution is 5.65. The van der Waals surface area contributed by atoms with Gasteiger partial charge in [0.25, 0.3) is 0 Å². The number of aromatic nitrogens is 2. The summed E-state index contributed by atoms with van der Waals surface area (Å²) in [5.74, 6) is 1.11. The summed E-state index contributed by atoms with van der Waals surface area (Å²) in [6.45, 7) is 2.03. The van der Waals surface area contributed by atoms with Crippen molar-refractivity contribution in [1.82, 2.24) is 9.97 Å². The molecule has 2 rings (SSSR count). The standard InChI is InChI=1S/C14H17FN4O/c1-3-4-10-13(16)17-8-18-14(10)19-12-7-9(20-2)5-6-11(12)15/h5-8H,3-4H2,1-2H3,(H3,16,17,18,19). The first-order chi connectivity index (χ1) is 9.65. The molecule has 0 radical (unpaired) electrons. The summed E-state index contributed by atoms with van der Waals surface area (Å²) in [5, 5.41) is 2.96. The van der Waals surface area contributed by atoms with Crippen molar-refractivity contribution in [2.45, 2.75) is 19.8 Å². The molecule has 0 aliphatic carbocycles. The number of nitrogens with zero attached hydrogens (tertiary/aromatic N) is 2. The van der Waals surface area contributed by atoms with Crippen LogP contribution in [0, 0.1) is 5.82 Å². The first-order valence-corrected chi connectivity index (χ1v) is 6.35. The van der Waals surface area contributed by atoms with E-state index in [4.69, 9.17) is 10.5 Å². The normalized spacial score (nSPS) is 10.3. The summed E-state index contributed by atoms with van der Waals surface area (Å²) in [7, 11) is 1.53. The smallest absolute Gasteiger partial charge is 0.146 e. The van der Waals surface area contributed by atoms with Gasteiger partial charge in [0.15, 0.2) is 0 Å². The molecule has 6 heteroatoms. The minimum Gasteiger partial charge on any atom is -0.497 e. The van der Waals surface area contributed by atoms with E-state index in [0.29, 0.717) is 23.1 Å². The quantitative estimate of drug-likeness (QED) is 0.878. The number of hydrogen-bond acceptors (Lipinski definition) is 5. The predicted molar refractivity (Wildman–Crippen MR) is 76.7 cm³/mol. The molecule has 0 aliphatic heterocycles. The molecule has 0 bridgehead atoms. The van der Waals surface area contributed by atoms with Crippen LogP contribution in [0.2, 0.25) is 0 Å². The molecule has 106 valence electrons. The van der Waals surface area contributed by atoms with Crippen LogP contribution in [0.25, 0.3) is 0 Å². The van der Waals surface area contributed by atoms with Crippen LogP contribution in [0.15, 0.2) is 24.5 Å². The molecule has 1 aromatic carbocycles. The molecule has 1 heterocycles. The predicted octanol–water partition coefficient (Wildman–Crippen LogP) is 2.90. The Kier molecular flexibility index (Phi) is 4.34. The van der Waals surface area contributed by atoms with Gasteiger partial charge in [-0.1, -0.05) is 13.3 Å². The van der Waals surface area contributed by atoms with E-state index in [9.17, 15) is 4.39 Å². The van der Waals surface area contributed by atoms with Gasteiger partial charge in [-0.25, -0.2) is 14.4 Å². The lowest BCUT2D eigenvalue weighted by Gasteiger charge is -2.13. The third-order valence-corrected chi connectivity index (χ3v) is 2.91. The number of hydrogen-bond donors (Lipinski definition) is 2. The van der Waals surface area contributed by atoms with E-state index in [0.717, 1.165) is 18.4 Å². The lowest BCUT2D eigenvalue weighted by Crippen LogP contribution is -2.06. The Hall–Kier alpha value is -2.37. The third kappa shape index (κ3) is 2.96. The molecule has 0 saturated carbocycles. The summed E-state index contributed by atoms with van der Waals surface area (Å²) in [4.78, 5) is 8.10. The fourth-order valence-corrected chi connectivity index (χ4v) is 1.88. The molecule has 1 aromatic heterocycles. The van der Waals surface area contributed by atoms with Gasteiger partial charge in [0, 0.05) is 11.6 Å². The van der Waals surface area contributed by atoms with E-state index < -0.39 is 0 Å². The van der Waals surface area contributed by atoms with E-state index in [1.54, 1.807) is 12.1 Å². The first kappa shape index (κ1) is 14.0. The van der Waals surface area contributed by atoms with Crippen LogP contribution in [0.1, 0.15) is 18.9 Å². The fraction of sp³-hybridized carbons (Fsp3) is 0.286. The Morgan fingerprint density at radius 3 is 2.85 bits per heavy atom. The van der Waals surface area contributed by atoms with Gasteiger partial charge in [0.2, 0.25) is 0 Å². The topological polar surface area (TPSA) is 73.1 Å². The van der Waals surface area contributed by atoms with Crippen LogP contribution in [-0.2, 0) is 6.42 Å². The average molecular weight is 276 g/mol. The van der Waals surface area contributed by atoms with Gasteiger partial charge in [-0.3, -0.25) is 0 Å². The Bertz CT molecular complexity index is 604. The zero-order chi connectivity index (χ0) is 14.5. The van der Waals surface area contributed by atoms with Crippen LogP contribution >= 0.6 is 0 Å². The molecule has 0 spiro atoms. The average Bonchev–Trinajstić information content (AvgIpc) is 2.45. The largest absolute Gasteiger partial charge is 0.497 e. The summed E-state index contributed by atoms with van der Waals surface area (Å²) < 4.78 is 18.9. The van der Waals surface area contributed by atoms with Crippen molar-refractivity contribution in [3.63, 3.8) is 0 Å². The summed E-state index contributed by atoms with van der Waals surface area (Å²) in [5.41, 5.74) is 6.93. The molecule has 2 aromatic rings. The van der Waals surface area contributed by atoms with Gasteiger partial charge >= 0.3 is 0 Å². The van der Waals surface area contributed by atoms with Crippen molar-refractivity contribution in [3.05, 3.63) is 35.9 Å². The van der Waals surface area contributed by atoms with E-state index in [2.05, 4.69) is 15.3 Å². The second-order valence-electron chi connectivity index (χ2n) is 4.31. The maximum Gasteiger partial charge on any atom is 0.146 e. The second kappa shape index (κ2) is 6.18. The molecular weight excluding hydrogens is 259 g/mol. The van der Waals surface area contributed by atoms with Crippen molar-refractivity contribution >= 4 is 17.3 Å². The number of benzene rings is 1. The van der Waals surface area contributed by atoms with Gasteiger partial charge in [-0.15, -0.1) is 0 Å². The fourth-order valence-electron chi connectivity index (χ4n) is 1.88. The molecule has 20 heavy (non-hydrogen) atoms. The van der Waals surface area contributed by atoms with Crippen molar-refractivity contribution in [2.24, 2.45) is 0 Å². The maximum atomic E-state index is 13.8. The van der Waals surface area contributed by atoms with Crippen LogP contribution in [0.4, 0.5) is 21.7 Å². The molecule has 0 amide bonds. The zero-order valence-corrected chi connectivity index (χ0v) is 11.5. The van der Waals surface area contributed by atoms with Gasteiger partial charge < -0.3 is 15.8 Å². The Balaban J connectivity index is 2.37. The van der Waals surface area contributed by atoms with E-state index >= 15 is 0 Å². The highest BCUT2D eigenvalue weighted by Gasteiger charge is 2.11. The molecule has 0 fully saturated rings. The van der Waals surface area contributed by atoms with Gasteiger partial charge in [0.1, 0.15) is 29.5 Å². The maximum absolute atomic E-state index is 13.8. The lowest BCUT2D eigenvalue weighted by molar-refractivity contribution is 0.414. The van der Waals surface area contributed by atoms with Crippen molar-refractivity contribution in [1.29, 1.82) is 0 Å². The minimum atomic E-state index is -0.384. The summed E-state index contributed by atoms with van der Waals surface area (Å²) in [6.07, 6.45) is 2.97. The van der Waals surface area contributed by atoms with E-state index in [-0.39, 0.29) is 5.82 Å². The van der Waals surface area contributed by atoms with Crippen LogP contribution in [0.5, 0.6) is 5.75 Å². The summed E-state index contributed by atoms with van der Waals surface area (Å²) >= 11 is 0. The number of halogens is 1. The van der Waals surface area contributed by atoms with Crippen LogP contribution in [-0.4, -0.2) is 17.1 Å². The minimum absolute atomic E-state index is 0.291. The number of nitrogens with two attached hydrogens (primary N) is 1. The SMILES string of the molecule is CCCc1c(N)ncnc1Nc1cc(OC)ccc1F. The third-order valence-electron chi connectivity index (χ3n) is 2.91. The lowest BCUT2D eigenvalue weighted by atomic mass is 10.1. The van der Waals surface area contributed by atoms with Crippen molar-refractivity contribution < 1.29 is 9.13 Å². The second-order valence-corrected chi connectivity index (χ2v) is 4.31. The van der Waals surface area contributed by atoms with Crippen molar-refractivity contribution in [2.75, 3.05) is 18.2 Å². The molecule has 0 aliphatic rings. The molecule has 3 N–H and O–H groups in total. The molecular formula is C14H17FN4O.